The van der Waals surface area contributed by atoms with Gasteiger partial charge >= 0.3 is 0 Å². The molecule has 1 aromatic heterocycles. The van der Waals surface area contributed by atoms with E-state index in [-0.39, 0.29) is 12.5 Å². The minimum Gasteiger partial charge on any atom is -0.497 e. The molecule has 8 heteroatoms. The number of amides is 1. The molecule has 5 rings (SSSR count). The largest absolute Gasteiger partial charge is 0.497 e. The standard InChI is InChI=1S/C28H28N4O4/c1-34-24-12-10-22(11-13-24)27-29-28(36-30-27)23-8-5-9-25(18-23)35-20-26(33)32-16-14-31(15-17-32)19-21-6-3-2-4-7-21/h2-13,18H,14-17,19-20H2,1H3. The Hall–Kier alpha value is -4.17. The molecular formula is C28H28N4O4. The second-order valence-corrected chi connectivity index (χ2v) is 8.61. The summed E-state index contributed by atoms with van der Waals surface area (Å²) in [6, 6.07) is 25.2. The average Bonchev–Trinajstić information content (AvgIpc) is 3.43. The zero-order valence-corrected chi connectivity index (χ0v) is 20.2. The molecule has 36 heavy (non-hydrogen) atoms. The minimum absolute atomic E-state index is 0.0108. The van der Waals surface area contributed by atoms with Gasteiger partial charge in [0.15, 0.2) is 6.61 Å². The molecule has 0 saturated carbocycles. The van der Waals surface area contributed by atoms with Crippen LogP contribution in [0.15, 0.2) is 83.4 Å². The summed E-state index contributed by atoms with van der Waals surface area (Å²) in [7, 11) is 1.62. The van der Waals surface area contributed by atoms with E-state index in [1.165, 1.54) is 5.56 Å². The van der Waals surface area contributed by atoms with Crippen LogP contribution in [0.25, 0.3) is 22.8 Å². The first-order valence-electron chi connectivity index (χ1n) is 11.9. The number of carbonyl (C=O) groups excluding carboxylic acids is 1. The number of carbonyl (C=O) groups is 1. The third-order valence-corrected chi connectivity index (χ3v) is 6.19. The summed E-state index contributed by atoms with van der Waals surface area (Å²) in [5, 5.41) is 4.08. The van der Waals surface area contributed by atoms with Gasteiger partial charge in [0.1, 0.15) is 11.5 Å². The van der Waals surface area contributed by atoms with Gasteiger partial charge in [0, 0.05) is 43.9 Å². The topological polar surface area (TPSA) is 80.9 Å². The van der Waals surface area contributed by atoms with E-state index < -0.39 is 0 Å². The van der Waals surface area contributed by atoms with Crippen LogP contribution in [0.3, 0.4) is 0 Å². The van der Waals surface area contributed by atoms with Crippen molar-refractivity contribution in [2.75, 3.05) is 39.9 Å². The van der Waals surface area contributed by atoms with Crippen molar-refractivity contribution in [3.8, 4) is 34.3 Å². The van der Waals surface area contributed by atoms with Gasteiger partial charge in [0.05, 0.1) is 7.11 Å². The number of rotatable bonds is 8. The number of nitrogens with zero attached hydrogens (tertiary/aromatic N) is 4. The van der Waals surface area contributed by atoms with Crippen molar-refractivity contribution in [1.29, 1.82) is 0 Å². The number of benzene rings is 3. The zero-order valence-electron chi connectivity index (χ0n) is 20.2. The summed E-state index contributed by atoms with van der Waals surface area (Å²) in [5.41, 5.74) is 2.84. The Morgan fingerprint density at radius 3 is 2.42 bits per heavy atom. The highest BCUT2D eigenvalue weighted by atomic mass is 16.5. The zero-order chi connectivity index (χ0) is 24.7. The van der Waals surface area contributed by atoms with E-state index in [0.29, 0.717) is 30.6 Å². The first-order chi connectivity index (χ1) is 17.7. The van der Waals surface area contributed by atoms with Gasteiger partial charge in [0.2, 0.25) is 5.82 Å². The first-order valence-corrected chi connectivity index (χ1v) is 11.9. The summed E-state index contributed by atoms with van der Waals surface area (Å²) in [6.45, 7) is 4.00. The van der Waals surface area contributed by atoms with Crippen molar-refractivity contribution >= 4 is 5.91 Å². The maximum atomic E-state index is 12.7. The highest BCUT2D eigenvalue weighted by Gasteiger charge is 2.21. The van der Waals surface area contributed by atoms with Crippen LogP contribution in [-0.2, 0) is 11.3 Å². The van der Waals surface area contributed by atoms with E-state index in [0.717, 1.165) is 36.5 Å². The lowest BCUT2D eigenvalue weighted by Crippen LogP contribution is -2.49. The Kier molecular flexibility index (Phi) is 7.23. The molecule has 1 aliphatic rings. The molecule has 1 aliphatic heterocycles. The quantitative estimate of drug-likeness (QED) is 0.372. The fraction of sp³-hybridized carbons (Fsp3) is 0.250. The van der Waals surface area contributed by atoms with Gasteiger partial charge in [-0.25, -0.2) is 0 Å². The molecule has 3 aromatic carbocycles. The predicted molar refractivity (Wildman–Crippen MR) is 136 cm³/mol. The monoisotopic (exact) mass is 484 g/mol. The molecule has 4 aromatic rings. The normalized spacial score (nSPS) is 14.0. The van der Waals surface area contributed by atoms with Crippen LogP contribution in [0.1, 0.15) is 5.56 Å². The SMILES string of the molecule is COc1ccc(-c2noc(-c3cccc(OCC(=O)N4CCN(Cc5ccccc5)CC4)c3)n2)cc1. The summed E-state index contributed by atoms with van der Waals surface area (Å²) in [6.07, 6.45) is 0. The molecule has 0 N–H and O–H groups in total. The smallest absolute Gasteiger partial charge is 0.260 e. The highest BCUT2D eigenvalue weighted by Crippen LogP contribution is 2.26. The lowest BCUT2D eigenvalue weighted by Gasteiger charge is -2.34. The molecule has 0 unspecified atom stereocenters. The average molecular weight is 485 g/mol. The predicted octanol–water partition coefficient (Wildman–Crippen LogP) is 4.14. The summed E-state index contributed by atoms with van der Waals surface area (Å²) < 4.78 is 16.5. The van der Waals surface area contributed by atoms with E-state index in [1.54, 1.807) is 13.2 Å². The van der Waals surface area contributed by atoms with E-state index in [4.69, 9.17) is 14.0 Å². The molecule has 1 saturated heterocycles. The Morgan fingerprint density at radius 1 is 0.889 bits per heavy atom. The number of aromatic nitrogens is 2. The van der Waals surface area contributed by atoms with Crippen molar-refractivity contribution < 1.29 is 18.8 Å². The van der Waals surface area contributed by atoms with Crippen molar-refractivity contribution in [2.45, 2.75) is 6.54 Å². The third kappa shape index (κ3) is 5.72. The van der Waals surface area contributed by atoms with Crippen molar-refractivity contribution in [2.24, 2.45) is 0 Å². The van der Waals surface area contributed by atoms with E-state index in [1.807, 2.05) is 53.4 Å². The lowest BCUT2D eigenvalue weighted by atomic mass is 10.2. The van der Waals surface area contributed by atoms with E-state index in [2.05, 4.69) is 39.3 Å². The molecule has 1 amide bonds. The van der Waals surface area contributed by atoms with Gasteiger partial charge in [-0.05, 0) is 48.0 Å². The molecule has 0 aliphatic carbocycles. The molecule has 184 valence electrons. The molecule has 0 radical (unpaired) electrons. The van der Waals surface area contributed by atoms with Gasteiger partial charge in [0.25, 0.3) is 11.8 Å². The molecule has 8 nitrogen and oxygen atoms in total. The molecule has 2 heterocycles. The van der Waals surface area contributed by atoms with Gasteiger partial charge in [-0.15, -0.1) is 0 Å². The third-order valence-electron chi connectivity index (χ3n) is 6.19. The molecule has 0 spiro atoms. The fourth-order valence-electron chi connectivity index (χ4n) is 4.15. The van der Waals surface area contributed by atoms with Crippen LogP contribution in [0.5, 0.6) is 11.5 Å². The first kappa shape index (κ1) is 23.6. The number of hydrogen-bond donors (Lipinski definition) is 0. The van der Waals surface area contributed by atoms with E-state index in [9.17, 15) is 4.79 Å². The summed E-state index contributed by atoms with van der Waals surface area (Å²) >= 11 is 0. The van der Waals surface area contributed by atoms with Crippen LogP contribution < -0.4 is 9.47 Å². The number of piperazine rings is 1. The molecule has 1 fully saturated rings. The van der Waals surface area contributed by atoms with Gasteiger partial charge in [-0.3, -0.25) is 9.69 Å². The van der Waals surface area contributed by atoms with Crippen molar-refractivity contribution in [1.82, 2.24) is 19.9 Å². The van der Waals surface area contributed by atoms with E-state index >= 15 is 0 Å². The van der Waals surface area contributed by atoms with Crippen molar-refractivity contribution in [3.05, 3.63) is 84.4 Å². The maximum absolute atomic E-state index is 12.7. The fourth-order valence-corrected chi connectivity index (χ4v) is 4.15. The van der Waals surface area contributed by atoms with Gasteiger partial charge in [-0.2, -0.15) is 4.98 Å². The number of hydrogen-bond acceptors (Lipinski definition) is 7. The maximum Gasteiger partial charge on any atom is 0.260 e. The summed E-state index contributed by atoms with van der Waals surface area (Å²) in [4.78, 5) is 21.5. The Balaban J connectivity index is 1.14. The van der Waals surface area contributed by atoms with Crippen LogP contribution in [0.2, 0.25) is 0 Å². The molecule has 0 atom stereocenters. The Morgan fingerprint density at radius 2 is 1.67 bits per heavy atom. The molecule has 0 bridgehead atoms. The lowest BCUT2D eigenvalue weighted by molar-refractivity contribution is -0.135. The summed E-state index contributed by atoms with van der Waals surface area (Å²) in [5.74, 6) is 2.19. The minimum atomic E-state index is -0.0145. The number of methoxy groups -OCH3 is 1. The van der Waals surface area contributed by atoms with Crippen LogP contribution in [0.4, 0.5) is 0 Å². The van der Waals surface area contributed by atoms with Gasteiger partial charge in [-0.1, -0.05) is 41.6 Å². The molecular weight excluding hydrogens is 456 g/mol. The van der Waals surface area contributed by atoms with Crippen LogP contribution in [0, 0.1) is 0 Å². The number of ether oxygens (including phenoxy) is 2. The second kappa shape index (κ2) is 11.0. The van der Waals surface area contributed by atoms with Gasteiger partial charge < -0.3 is 18.9 Å². The van der Waals surface area contributed by atoms with Crippen LogP contribution in [-0.4, -0.2) is 65.7 Å². The Bertz CT molecular complexity index is 1280. The Labute approximate surface area is 210 Å². The second-order valence-electron chi connectivity index (χ2n) is 8.61. The highest BCUT2D eigenvalue weighted by molar-refractivity contribution is 5.78. The van der Waals surface area contributed by atoms with Crippen LogP contribution >= 0.6 is 0 Å². The van der Waals surface area contributed by atoms with Crippen molar-refractivity contribution in [3.63, 3.8) is 0 Å².